The van der Waals surface area contributed by atoms with Crippen molar-refractivity contribution in [2.24, 2.45) is 0 Å². The van der Waals surface area contributed by atoms with Crippen LogP contribution in [0.1, 0.15) is 11.1 Å². The number of nitrogens with zero attached hydrogens (tertiary/aromatic N) is 1. The minimum Gasteiger partial charge on any atom is -0.467 e. The van der Waals surface area contributed by atoms with Gasteiger partial charge in [0, 0.05) is 5.69 Å². The summed E-state index contributed by atoms with van der Waals surface area (Å²) in [5.41, 5.74) is 3.56. The molecule has 0 spiro atoms. The first-order valence-corrected chi connectivity index (χ1v) is 5.04. The van der Waals surface area contributed by atoms with Crippen molar-refractivity contribution in [1.29, 1.82) is 0 Å². The molecule has 1 saturated heterocycles. The number of aryl methyl sites for hydroxylation is 2. The highest BCUT2D eigenvalue weighted by atomic mass is 16.5. The molecule has 0 N–H and O–H groups in total. The quantitative estimate of drug-likeness (QED) is 0.543. The molecule has 0 aliphatic carbocycles. The number of anilines is 1. The van der Waals surface area contributed by atoms with E-state index in [1.54, 1.807) is 0 Å². The molecule has 1 atom stereocenters. The zero-order valence-electron chi connectivity index (χ0n) is 9.28. The molecule has 1 aliphatic rings. The Morgan fingerprint density at radius 1 is 1.33 bits per heavy atom. The highest BCUT2D eigenvalue weighted by Gasteiger charge is 2.41. The molecule has 0 aromatic heterocycles. The summed E-state index contributed by atoms with van der Waals surface area (Å²) in [5, 5.41) is 0. The fraction of sp³-hybridized carbons (Fsp3) is 0.417. The van der Waals surface area contributed by atoms with E-state index in [0.717, 1.165) is 12.2 Å². The molecule has 1 unspecified atom stereocenters. The van der Waals surface area contributed by atoms with E-state index >= 15 is 0 Å². The topological polar surface area (TPSA) is 29.3 Å². The van der Waals surface area contributed by atoms with Gasteiger partial charge in [-0.15, -0.1) is 0 Å². The van der Waals surface area contributed by atoms with Crippen LogP contribution in [0.3, 0.4) is 0 Å². The van der Waals surface area contributed by atoms with E-state index in [0.29, 0.717) is 0 Å². The summed E-state index contributed by atoms with van der Waals surface area (Å²) in [5.74, 6) is -0.144. The second kappa shape index (κ2) is 3.57. The lowest BCUT2D eigenvalue weighted by Crippen LogP contribution is -2.13. The van der Waals surface area contributed by atoms with Crippen molar-refractivity contribution in [2.75, 3.05) is 18.6 Å². The van der Waals surface area contributed by atoms with Crippen LogP contribution in [-0.2, 0) is 9.53 Å². The zero-order chi connectivity index (χ0) is 11.0. The molecule has 3 heteroatoms. The van der Waals surface area contributed by atoms with E-state index in [1.807, 2.05) is 4.90 Å². The van der Waals surface area contributed by atoms with Crippen LogP contribution >= 0.6 is 0 Å². The summed E-state index contributed by atoms with van der Waals surface area (Å²) in [6.07, 6.45) is 0. The predicted molar refractivity (Wildman–Crippen MR) is 59.1 cm³/mol. The number of benzene rings is 1. The number of hydrogen-bond donors (Lipinski definition) is 0. The molecule has 15 heavy (non-hydrogen) atoms. The van der Waals surface area contributed by atoms with Gasteiger partial charge in [-0.25, -0.2) is 4.79 Å². The molecule has 1 aromatic carbocycles. The Hall–Kier alpha value is -1.51. The molecular weight excluding hydrogens is 190 g/mol. The molecule has 0 radical (unpaired) electrons. The second-order valence-corrected chi connectivity index (χ2v) is 4.04. The molecule has 80 valence electrons. The van der Waals surface area contributed by atoms with Gasteiger partial charge in [-0.3, -0.25) is 0 Å². The highest BCUT2D eigenvalue weighted by molar-refractivity contribution is 5.86. The summed E-state index contributed by atoms with van der Waals surface area (Å²) >= 11 is 0. The van der Waals surface area contributed by atoms with E-state index in [9.17, 15) is 4.79 Å². The second-order valence-electron chi connectivity index (χ2n) is 4.04. The van der Waals surface area contributed by atoms with E-state index in [2.05, 4.69) is 32.0 Å². The van der Waals surface area contributed by atoms with Crippen LogP contribution in [0.4, 0.5) is 5.69 Å². The maximum Gasteiger partial charge on any atom is 0.330 e. The Morgan fingerprint density at radius 2 is 1.93 bits per heavy atom. The Bertz CT molecular complexity index is 380. The van der Waals surface area contributed by atoms with Gasteiger partial charge >= 0.3 is 5.97 Å². The Labute approximate surface area is 89.7 Å². The number of methoxy groups -OCH3 is 1. The molecule has 1 aliphatic heterocycles. The average molecular weight is 205 g/mol. The van der Waals surface area contributed by atoms with Gasteiger partial charge in [0.15, 0.2) is 0 Å². The normalized spacial score (nSPS) is 18.9. The third-order valence-corrected chi connectivity index (χ3v) is 2.62. The van der Waals surface area contributed by atoms with Crippen molar-refractivity contribution >= 4 is 11.7 Å². The van der Waals surface area contributed by atoms with Gasteiger partial charge in [-0.05, 0) is 37.1 Å². The molecule has 1 aromatic rings. The third-order valence-electron chi connectivity index (χ3n) is 2.62. The lowest BCUT2D eigenvalue weighted by molar-refractivity contribution is -0.139. The van der Waals surface area contributed by atoms with Crippen LogP contribution in [0.5, 0.6) is 0 Å². The SMILES string of the molecule is COC(=O)C1CN1c1cc(C)cc(C)c1. The lowest BCUT2D eigenvalue weighted by Gasteiger charge is -2.07. The summed E-state index contributed by atoms with van der Waals surface area (Å²) in [6, 6.07) is 6.24. The van der Waals surface area contributed by atoms with Gasteiger partial charge in [-0.1, -0.05) is 6.07 Å². The Kier molecular flexibility index (Phi) is 2.39. The maximum absolute atomic E-state index is 11.3. The van der Waals surface area contributed by atoms with Crippen molar-refractivity contribution in [3.05, 3.63) is 29.3 Å². The van der Waals surface area contributed by atoms with Crippen LogP contribution < -0.4 is 4.90 Å². The zero-order valence-corrected chi connectivity index (χ0v) is 9.28. The van der Waals surface area contributed by atoms with Crippen molar-refractivity contribution in [3.8, 4) is 0 Å². The number of hydrogen-bond acceptors (Lipinski definition) is 3. The molecule has 1 fully saturated rings. The number of carbonyl (C=O) groups excluding carboxylic acids is 1. The first kappa shape index (κ1) is 10.0. The van der Waals surface area contributed by atoms with Gasteiger partial charge < -0.3 is 9.64 Å². The summed E-state index contributed by atoms with van der Waals surface area (Å²) in [7, 11) is 1.43. The minimum atomic E-state index is -0.144. The van der Waals surface area contributed by atoms with Crippen molar-refractivity contribution in [3.63, 3.8) is 0 Å². The molecule has 1 heterocycles. The van der Waals surface area contributed by atoms with E-state index < -0.39 is 0 Å². The molecule has 0 bridgehead atoms. The monoisotopic (exact) mass is 205 g/mol. The van der Waals surface area contributed by atoms with E-state index in [4.69, 9.17) is 4.74 Å². The van der Waals surface area contributed by atoms with Crippen LogP contribution in [0.2, 0.25) is 0 Å². The molecule has 2 rings (SSSR count). The van der Waals surface area contributed by atoms with Crippen molar-refractivity contribution < 1.29 is 9.53 Å². The van der Waals surface area contributed by atoms with Gasteiger partial charge in [0.05, 0.1) is 13.7 Å². The number of rotatable bonds is 2. The average Bonchev–Trinajstić information content (AvgIpc) is 2.94. The standard InChI is InChI=1S/C12H15NO2/c1-8-4-9(2)6-10(5-8)13-7-11(13)12(14)15-3/h4-6,11H,7H2,1-3H3. The van der Waals surface area contributed by atoms with Crippen LogP contribution in [-0.4, -0.2) is 25.7 Å². The smallest absolute Gasteiger partial charge is 0.330 e. The van der Waals surface area contributed by atoms with Crippen molar-refractivity contribution in [2.45, 2.75) is 19.9 Å². The number of ether oxygens (including phenoxy) is 1. The number of carbonyl (C=O) groups is 1. The maximum atomic E-state index is 11.3. The van der Waals surface area contributed by atoms with Crippen LogP contribution in [0.15, 0.2) is 18.2 Å². The largest absolute Gasteiger partial charge is 0.467 e. The number of esters is 1. The van der Waals surface area contributed by atoms with E-state index in [-0.39, 0.29) is 12.0 Å². The third kappa shape index (κ3) is 1.96. The lowest BCUT2D eigenvalue weighted by atomic mass is 10.1. The first-order valence-electron chi connectivity index (χ1n) is 5.04. The van der Waals surface area contributed by atoms with Crippen LogP contribution in [0, 0.1) is 13.8 Å². The molecular formula is C12H15NO2. The van der Waals surface area contributed by atoms with Crippen LogP contribution in [0.25, 0.3) is 0 Å². The Morgan fingerprint density at radius 3 is 2.47 bits per heavy atom. The van der Waals surface area contributed by atoms with Gasteiger partial charge in [0.1, 0.15) is 6.04 Å². The molecule has 0 amide bonds. The van der Waals surface area contributed by atoms with E-state index in [1.165, 1.54) is 18.2 Å². The van der Waals surface area contributed by atoms with Gasteiger partial charge in [0.25, 0.3) is 0 Å². The molecule has 3 nitrogen and oxygen atoms in total. The highest BCUT2D eigenvalue weighted by Crippen LogP contribution is 2.29. The fourth-order valence-corrected chi connectivity index (χ4v) is 1.88. The minimum absolute atomic E-state index is 0.0730. The van der Waals surface area contributed by atoms with Gasteiger partial charge in [0.2, 0.25) is 0 Å². The first-order chi connectivity index (χ1) is 7.11. The Balaban J connectivity index is 2.16. The fourth-order valence-electron chi connectivity index (χ4n) is 1.88. The predicted octanol–water partition coefficient (Wildman–Crippen LogP) is 1.67. The summed E-state index contributed by atoms with van der Waals surface area (Å²) in [6.45, 7) is 4.90. The molecule has 0 saturated carbocycles. The van der Waals surface area contributed by atoms with Crippen molar-refractivity contribution in [1.82, 2.24) is 0 Å². The summed E-state index contributed by atoms with van der Waals surface area (Å²) < 4.78 is 4.71. The summed E-state index contributed by atoms with van der Waals surface area (Å²) in [4.78, 5) is 13.3. The van der Waals surface area contributed by atoms with Gasteiger partial charge in [-0.2, -0.15) is 0 Å².